The lowest BCUT2D eigenvalue weighted by Crippen LogP contribution is -2.37. The molecule has 0 aliphatic carbocycles. The van der Waals surface area contributed by atoms with E-state index in [0.29, 0.717) is 10.2 Å². The minimum atomic E-state index is -3.36. The number of benzene rings is 2. The molecule has 31 heavy (non-hydrogen) atoms. The van der Waals surface area contributed by atoms with Gasteiger partial charge in [-0.25, -0.2) is 27.0 Å². The van der Waals surface area contributed by atoms with Gasteiger partial charge in [0.25, 0.3) is 0 Å². The van der Waals surface area contributed by atoms with Crippen LogP contribution in [0.2, 0.25) is 0 Å². The zero-order valence-corrected chi connectivity index (χ0v) is 17.8. The maximum atomic E-state index is 13.5. The highest BCUT2D eigenvalue weighted by Crippen LogP contribution is 2.28. The number of sulfone groups is 1. The normalized spacial score (nSPS) is 14.5. The molecule has 3 aromatic rings. The van der Waals surface area contributed by atoms with Crippen LogP contribution in [0.4, 0.5) is 24.4 Å². The van der Waals surface area contributed by atoms with E-state index in [2.05, 4.69) is 10.3 Å². The van der Waals surface area contributed by atoms with E-state index in [9.17, 15) is 26.8 Å². The van der Waals surface area contributed by atoms with Crippen LogP contribution in [0.5, 0.6) is 0 Å². The van der Waals surface area contributed by atoms with E-state index < -0.39 is 33.4 Å². The van der Waals surface area contributed by atoms with Crippen LogP contribution in [0.3, 0.4) is 0 Å². The lowest BCUT2D eigenvalue weighted by molar-refractivity contribution is -0.116. The topological polar surface area (TPSA) is 99.7 Å². The summed E-state index contributed by atoms with van der Waals surface area (Å²) < 4.78 is 50.5. The molecule has 0 unspecified atom stereocenters. The molecule has 0 bridgehead atoms. The number of nitrogens with zero attached hydrogens (tertiary/aromatic N) is 3. The van der Waals surface area contributed by atoms with Crippen molar-refractivity contribution in [3.05, 3.63) is 48.0 Å². The van der Waals surface area contributed by atoms with Gasteiger partial charge in [0, 0.05) is 31.1 Å². The first kappa shape index (κ1) is 21.1. The predicted molar refractivity (Wildman–Crippen MR) is 112 cm³/mol. The number of hydrogen-bond donors (Lipinski definition) is 1. The minimum absolute atomic E-state index is 0.154. The molecular weight excluding hydrogens is 450 g/mol. The van der Waals surface area contributed by atoms with Crippen LogP contribution >= 0.6 is 11.3 Å². The highest BCUT2D eigenvalue weighted by Gasteiger charge is 2.31. The molecule has 1 saturated heterocycles. The van der Waals surface area contributed by atoms with Gasteiger partial charge >= 0.3 is 6.03 Å². The molecule has 1 fully saturated rings. The van der Waals surface area contributed by atoms with Gasteiger partial charge in [-0.3, -0.25) is 9.69 Å². The fourth-order valence-electron chi connectivity index (χ4n) is 3.14. The minimum Gasteiger partial charge on any atom is -0.313 e. The van der Waals surface area contributed by atoms with Gasteiger partial charge in [-0.1, -0.05) is 11.3 Å². The number of urea groups is 1. The van der Waals surface area contributed by atoms with E-state index in [1.165, 1.54) is 28.0 Å². The lowest BCUT2D eigenvalue weighted by Gasteiger charge is -2.18. The Hall–Kier alpha value is -3.12. The Morgan fingerprint density at radius 3 is 2.65 bits per heavy atom. The molecule has 8 nitrogen and oxygen atoms in total. The fourth-order valence-corrected chi connectivity index (χ4v) is 4.79. The second-order valence-electron chi connectivity index (χ2n) is 6.92. The quantitative estimate of drug-likeness (QED) is 0.623. The van der Waals surface area contributed by atoms with Crippen molar-refractivity contribution < 1.29 is 26.8 Å². The predicted octanol–water partition coefficient (Wildman–Crippen LogP) is 2.86. The van der Waals surface area contributed by atoms with Crippen LogP contribution < -0.4 is 10.2 Å². The number of nitrogens with one attached hydrogen (secondary N) is 1. The third-order valence-corrected chi connectivity index (χ3v) is 6.72. The second-order valence-corrected chi connectivity index (χ2v) is 9.97. The third-order valence-electron chi connectivity index (χ3n) is 4.68. The molecule has 0 saturated carbocycles. The molecule has 2 aromatic carbocycles. The van der Waals surface area contributed by atoms with E-state index in [0.717, 1.165) is 29.7 Å². The monoisotopic (exact) mass is 466 g/mol. The average molecular weight is 466 g/mol. The molecule has 3 amide bonds. The number of rotatable bonds is 5. The van der Waals surface area contributed by atoms with Gasteiger partial charge in [-0.2, -0.15) is 0 Å². The van der Waals surface area contributed by atoms with Crippen molar-refractivity contribution in [3.8, 4) is 0 Å². The van der Waals surface area contributed by atoms with Crippen LogP contribution in [-0.4, -0.2) is 56.1 Å². The number of fused-ring (bicyclic) bond motifs is 1. The Balaban J connectivity index is 1.43. The summed E-state index contributed by atoms with van der Waals surface area (Å²) in [4.78, 5) is 31.9. The summed E-state index contributed by atoms with van der Waals surface area (Å²) in [6.07, 6.45) is 1.11. The Morgan fingerprint density at radius 1 is 1.16 bits per heavy atom. The standard InChI is InChI=1S/C19H16F2N4O4S2/c1-31(28,29)12-3-5-15-16(9-12)30-18(22-15)23-17(26)10-24-6-7-25(19(24)27)11-2-4-13(20)14(21)8-11/h2-5,8-9H,6-7,10H2,1H3,(H,22,23,26). The fraction of sp³-hybridized carbons (Fsp3) is 0.211. The number of amides is 3. The number of carbonyl (C=O) groups excluding carboxylic acids is 2. The molecule has 1 aliphatic rings. The van der Waals surface area contributed by atoms with Gasteiger partial charge in [0.05, 0.1) is 15.1 Å². The number of halogens is 2. The van der Waals surface area contributed by atoms with E-state index in [1.54, 1.807) is 6.07 Å². The zero-order valence-electron chi connectivity index (χ0n) is 16.1. The molecular formula is C19H16F2N4O4S2. The van der Waals surface area contributed by atoms with Crippen LogP contribution in [0.1, 0.15) is 0 Å². The van der Waals surface area contributed by atoms with Crippen LogP contribution in [0.15, 0.2) is 41.3 Å². The molecule has 0 spiro atoms. The van der Waals surface area contributed by atoms with Crippen molar-refractivity contribution in [1.82, 2.24) is 9.88 Å². The summed E-state index contributed by atoms with van der Waals surface area (Å²) in [5, 5.41) is 2.88. The van der Waals surface area contributed by atoms with Crippen molar-refractivity contribution in [2.24, 2.45) is 0 Å². The summed E-state index contributed by atoms with van der Waals surface area (Å²) >= 11 is 1.12. The van der Waals surface area contributed by atoms with Crippen molar-refractivity contribution in [3.63, 3.8) is 0 Å². The van der Waals surface area contributed by atoms with E-state index in [4.69, 9.17) is 0 Å². The maximum absolute atomic E-state index is 13.5. The molecule has 0 atom stereocenters. The van der Waals surface area contributed by atoms with Gasteiger partial charge in [0.2, 0.25) is 5.91 Å². The van der Waals surface area contributed by atoms with E-state index in [-0.39, 0.29) is 35.3 Å². The zero-order chi connectivity index (χ0) is 22.3. The SMILES string of the molecule is CS(=O)(=O)c1ccc2nc(NC(=O)CN3CCN(c4ccc(F)c(F)c4)C3=O)sc2c1. The Kier molecular flexibility index (Phi) is 5.35. The van der Waals surface area contributed by atoms with Crippen LogP contribution in [-0.2, 0) is 14.6 Å². The highest BCUT2D eigenvalue weighted by molar-refractivity contribution is 7.90. The number of thiazole rings is 1. The second kappa shape index (κ2) is 7.85. The van der Waals surface area contributed by atoms with Crippen LogP contribution in [0.25, 0.3) is 10.2 Å². The first-order valence-corrected chi connectivity index (χ1v) is 11.7. The van der Waals surface area contributed by atoms with Crippen molar-refractivity contribution in [2.75, 3.05) is 36.1 Å². The summed E-state index contributed by atoms with van der Waals surface area (Å²) in [7, 11) is -3.36. The molecule has 1 aliphatic heterocycles. The van der Waals surface area contributed by atoms with Gasteiger partial charge < -0.3 is 10.2 Å². The summed E-state index contributed by atoms with van der Waals surface area (Å²) in [6, 6.07) is 7.16. The van der Waals surface area contributed by atoms with E-state index in [1.807, 2.05) is 0 Å². The average Bonchev–Trinajstić information content (AvgIpc) is 3.25. The number of anilines is 2. The van der Waals surface area contributed by atoms with Crippen molar-refractivity contribution in [1.29, 1.82) is 0 Å². The van der Waals surface area contributed by atoms with Crippen LogP contribution in [0, 0.1) is 11.6 Å². The number of hydrogen-bond acceptors (Lipinski definition) is 6. The summed E-state index contributed by atoms with van der Waals surface area (Å²) in [6.45, 7) is 0.221. The Morgan fingerprint density at radius 2 is 1.94 bits per heavy atom. The van der Waals surface area contributed by atoms with Gasteiger partial charge in [0.1, 0.15) is 6.54 Å². The Labute approximate surface area is 180 Å². The number of carbonyl (C=O) groups is 2. The maximum Gasteiger partial charge on any atom is 0.325 e. The smallest absolute Gasteiger partial charge is 0.313 e. The molecule has 4 rings (SSSR count). The van der Waals surface area contributed by atoms with Gasteiger partial charge in [-0.15, -0.1) is 0 Å². The van der Waals surface area contributed by atoms with Gasteiger partial charge in [0.15, 0.2) is 26.6 Å². The van der Waals surface area contributed by atoms with Crippen molar-refractivity contribution >= 4 is 54.1 Å². The summed E-state index contributed by atoms with van der Waals surface area (Å²) in [5.41, 5.74) is 0.745. The molecule has 2 heterocycles. The largest absolute Gasteiger partial charge is 0.325 e. The first-order valence-electron chi connectivity index (χ1n) is 9.04. The summed E-state index contributed by atoms with van der Waals surface area (Å²) in [5.74, 6) is -2.55. The molecule has 0 radical (unpaired) electrons. The third kappa shape index (κ3) is 4.35. The van der Waals surface area contributed by atoms with E-state index >= 15 is 0 Å². The Bertz CT molecular complexity index is 1310. The first-order chi connectivity index (χ1) is 14.6. The molecule has 162 valence electrons. The molecule has 1 aromatic heterocycles. The van der Waals surface area contributed by atoms with Crippen molar-refractivity contribution in [2.45, 2.75) is 4.90 Å². The highest BCUT2D eigenvalue weighted by atomic mass is 32.2. The van der Waals surface area contributed by atoms with Gasteiger partial charge in [-0.05, 0) is 30.3 Å². The molecule has 12 heteroatoms. The number of aromatic nitrogens is 1. The molecule has 1 N–H and O–H groups in total. The lowest BCUT2D eigenvalue weighted by atomic mass is 10.3.